The van der Waals surface area contributed by atoms with Crippen LogP contribution in [0.25, 0.3) is 21.7 Å². The van der Waals surface area contributed by atoms with Crippen LogP contribution < -0.4 is 5.56 Å². The molecule has 0 saturated heterocycles. The zero-order valence-electron chi connectivity index (χ0n) is 16.6. The van der Waals surface area contributed by atoms with E-state index in [1.165, 1.54) is 0 Å². The Kier molecular flexibility index (Phi) is 4.72. The molecule has 8 heteroatoms. The number of thiophene rings is 1. The standard InChI is InChI=1S/C21H22N4O2S2/c1-4-28-21-23-22-20-24(13-8-6-5-7-9-13)18(26)17-14-10-15(12(2)3)27-11-16(14)29-19(17)25(20)21/h5-9,12,15H,4,10-11H2,1-3H3/t15-/m1/s1. The van der Waals surface area contributed by atoms with Crippen LogP contribution in [0.2, 0.25) is 0 Å². The van der Waals surface area contributed by atoms with Crippen LogP contribution >= 0.6 is 23.1 Å². The monoisotopic (exact) mass is 426 g/mol. The number of benzene rings is 1. The first kappa shape index (κ1) is 18.8. The fourth-order valence-electron chi connectivity index (χ4n) is 3.90. The molecule has 1 atom stereocenters. The zero-order valence-corrected chi connectivity index (χ0v) is 18.2. The van der Waals surface area contributed by atoms with Crippen molar-refractivity contribution in [2.75, 3.05) is 5.75 Å². The van der Waals surface area contributed by atoms with E-state index in [-0.39, 0.29) is 11.7 Å². The number of hydrogen-bond acceptors (Lipinski definition) is 6. The largest absolute Gasteiger partial charge is 0.372 e. The summed E-state index contributed by atoms with van der Waals surface area (Å²) in [5.74, 6) is 1.85. The van der Waals surface area contributed by atoms with Crippen molar-refractivity contribution in [3.63, 3.8) is 0 Å². The first-order chi connectivity index (χ1) is 14.1. The van der Waals surface area contributed by atoms with E-state index in [1.807, 2.05) is 34.7 Å². The fraction of sp³-hybridized carbons (Fsp3) is 0.381. The van der Waals surface area contributed by atoms with E-state index in [9.17, 15) is 4.79 Å². The zero-order chi connectivity index (χ0) is 20.1. The second-order valence-corrected chi connectivity index (χ2v) is 9.82. The maximum atomic E-state index is 13.8. The Hall–Kier alpha value is -2.16. The molecule has 0 unspecified atom stereocenters. The third-order valence-electron chi connectivity index (χ3n) is 5.37. The van der Waals surface area contributed by atoms with Crippen molar-refractivity contribution < 1.29 is 4.74 Å². The minimum Gasteiger partial charge on any atom is -0.372 e. The van der Waals surface area contributed by atoms with Gasteiger partial charge in [-0.1, -0.05) is 50.7 Å². The van der Waals surface area contributed by atoms with E-state index in [1.54, 1.807) is 27.7 Å². The van der Waals surface area contributed by atoms with E-state index in [2.05, 4.69) is 31.0 Å². The van der Waals surface area contributed by atoms with Gasteiger partial charge in [0, 0.05) is 11.3 Å². The third kappa shape index (κ3) is 2.93. The molecule has 29 heavy (non-hydrogen) atoms. The number of para-hydroxylation sites is 1. The Morgan fingerprint density at radius 1 is 1.28 bits per heavy atom. The molecule has 6 nitrogen and oxygen atoms in total. The smallest absolute Gasteiger partial charge is 0.268 e. The van der Waals surface area contributed by atoms with Crippen molar-refractivity contribution in [3.05, 3.63) is 51.1 Å². The summed E-state index contributed by atoms with van der Waals surface area (Å²) < 4.78 is 9.82. The lowest BCUT2D eigenvalue weighted by Gasteiger charge is -2.26. The molecule has 0 amide bonds. The molecule has 3 aromatic heterocycles. The highest BCUT2D eigenvalue weighted by Gasteiger charge is 2.30. The maximum Gasteiger partial charge on any atom is 0.268 e. The third-order valence-corrected chi connectivity index (χ3v) is 7.38. The molecule has 0 aliphatic carbocycles. The van der Waals surface area contributed by atoms with Gasteiger partial charge in [-0.05, 0) is 29.4 Å². The lowest BCUT2D eigenvalue weighted by Crippen LogP contribution is -2.28. The SMILES string of the molecule is CCSc1nnc2n(-c3ccccc3)c(=O)c3c4c(sc3n12)CO[C@@H](C(C)C)C4. The second-order valence-electron chi connectivity index (χ2n) is 7.51. The second kappa shape index (κ2) is 7.27. The molecule has 1 aromatic carbocycles. The van der Waals surface area contributed by atoms with Crippen molar-refractivity contribution in [3.8, 4) is 5.69 Å². The fourth-order valence-corrected chi connectivity index (χ4v) is 5.86. The predicted molar refractivity (Wildman–Crippen MR) is 117 cm³/mol. The van der Waals surface area contributed by atoms with Gasteiger partial charge in [0.2, 0.25) is 5.78 Å². The summed E-state index contributed by atoms with van der Waals surface area (Å²) >= 11 is 3.27. The Labute approximate surface area is 176 Å². The van der Waals surface area contributed by atoms with Crippen molar-refractivity contribution in [2.24, 2.45) is 5.92 Å². The van der Waals surface area contributed by atoms with Crippen molar-refractivity contribution in [2.45, 2.75) is 45.1 Å². The van der Waals surface area contributed by atoms with Gasteiger partial charge in [-0.3, -0.25) is 4.79 Å². The number of nitrogens with zero attached hydrogens (tertiary/aromatic N) is 4. The summed E-state index contributed by atoms with van der Waals surface area (Å²) in [6.45, 7) is 6.99. The Bertz CT molecular complexity index is 1260. The highest BCUT2D eigenvalue weighted by molar-refractivity contribution is 7.99. The average Bonchev–Trinajstić information content (AvgIpc) is 3.30. The number of rotatable bonds is 4. The number of hydrogen-bond donors (Lipinski definition) is 0. The Morgan fingerprint density at radius 2 is 2.07 bits per heavy atom. The molecule has 1 aliphatic rings. The van der Waals surface area contributed by atoms with Crippen molar-refractivity contribution >= 4 is 39.1 Å². The van der Waals surface area contributed by atoms with E-state index in [4.69, 9.17) is 4.74 Å². The van der Waals surface area contributed by atoms with Gasteiger partial charge in [-0.15, -0.1) is 21.5 Å². The molecular formula is C21H22N4O2S2. The van der Waals surface area contributed by atoms with Gasteiger partial charge in [-0.25, -0.2) is 8.97 Å². The van der Waals surface area contributed by atoms with Crippen LogP contribution in [-0.2, 0) is 17.8 Å². The average molecular weight is 427 g/mol. The molecule has 0 spiro atoms. The summed E-state index contributed by atoms with van der Waals surface area (Å²) in [4.78, 5) is 15.8. The van der Waals surface area contributed by atoms with E-state index in [0.717, 1.165) is 43.7 Å². The molecule has 1 aliphatic heterocycles. The van der Waals surface area contributed by atoms with Gasteiger partial charge in [0.25, 0.3) is 5.56 Å². The van der Waals surface area contributed by atoms with Crippen LogP contribution in [0.4, 0.5) is 0 Å². The van der Waals surface area contributed by atoms with E-state index < -0.39 is 0 Å². The highest BCUT2D eigenvalue weighted by Crippen LogP contribution is 2.37. The number of fused-ring (bicyclic) bond motifs is 5. The lowest BCUT2D eigenvalue weighted by atomic mass is 9.96. The molecule has 0 fully saturated rings. The van der Waals surface area contributed by atoms with Crippen LogP contribution in [0.5, 0.6) is 0 Å². The molecule has 0 bridgehead atoms. The van der Waals surface area contributed by atoms with E-state index >= 15 is 0 Å². The molecule has 5 rings (SSSR count). The summed E-state index contributed by atoms with van der Waals surface area (Å²) in [5, 5.41) is 10.4. The van der Waals surface area contributed by atoms with Gasteiger partial charge >= 0.3 is 0 Å². The molecule has 0 radical (unpaired) electrons. The van der Waals surface area contributed by atoms with Crippen LogP contribution in [0.1, 0.15) is 31.2 Å². The summed E-state index contributed by atoms with van der Waals surface area (Å²) in [7, 11) is 0. The normalized spacial score (nSPS) is 16.8. The van der Waals surface area contributed by atoms with Gasteiger partial charge in [0.05, 0.1) is 23.8 Å². The van der Waals surface area contributed by atoms with Gasteiger partial charge in [-0.2, -0.15) is 0 Å². The quantitative estimate of drug-likeness (QED) is 0.455. The van der Waals surface area contributed by atoms with Gasteiger partial charge in [0.15, 0.2) is 5.16 Å². The van der Waals surface area contributed by atoms with Crippen LogP contribution in [0, 0.1) is 5.92 Å². The molecule has 150 valence electrons. The number of aromatic nitrogens is 4. The number of thioether (sulfide) groups is 1. The molecule has 4 aromatic rings. The van der Waals surface area contributed by atoms with Gasteiger partial charge < -0.3 is 4.74 Å². The summed E-state index contributed by atoms with van der Waals surface area (Å²) in [6, 6.07) is 9.70. The number of ether oxygens (including phenoxy) is 1. The topological polar surface area (TPSA) is 61.4 Å². The van der Waals surface area contributed by atoms with Crippen molar-refractivity contribution in [1.29, 1.82) is 0 Å². The van der Waals surface area contributed by atoms with Crippen molar-refractivity contribution in [1.82, 2.24) is 19.2 Å². The summed E-state index contributed by atoms with van der Waals surface area (Å²) in [6.07, 6.45) is 0.895. The molecular weight excluding hydrogens is 404 g/mol. The Balaban J connectivity index is 1.89. The highest BCUT2D eigenvalue weighted by atomic mass is 32.2. The lowest BCUT2D eigenvalue weighted by molar-refractivity contribution is 0.00200. The van der Waals surface area contributed by atoms with E-state index in [0.29, 0.717) is 18.3 Å². The molecule has 0 N–H and O–H groups in total. The molecule has 4 heterocycles. The molecule has 0 saturated carbocycles. The van der Waals surface area contributed by atoms with Crippen LogP contribution in [0.15, 0.2) is 40.3 Å². The maximum absolute atomic E-state index is 13.8. The predicted octanol–water partition coefficient (Wildman–Crippen LogP) is 4.30. The first-order valence-corrected chi connectivity index (χ1v) is 11.6. The first-order valence-electron chi connectivity index (χ1n) is 9.84. The Morgan fingerprint density at radius 3 is 2.79 bits per heavy atom. The van der Waals surface area contributed by atoms with Gasteiger partial charge in [0.1, 0.15) is 4.83 Å². The van der Waals surface area contributed by atoms with Crippen LogP contribution in [0.3, 0.4) is 0 Å². The minimum absolute atomic E-state index is 0.0268. The van der Waals surface area contributed by atoms with Crippen LogP contribution in [-0.4, -0.2) is 31.0 Å². The summed E-state index contributed by atoms with van der Waals surface area (Å²) in [5.41, 5.74) is 1.91. The minimum atomic E-state index is -0.0268.